The minimum atomic E-state index is -1.80. The molecule has 5 nitrogen and oxygen atoms in total. The van der Waals surface area contributed by atoms with E-state index in [0.717, 1.165) is 25.0 Å². The van der Waals surface area contributed by atoms with E-state index in [4.69, 9.17) is 18.6 Å². The normalized spacial score (nSPS) is 28.0. The molecule has 2 aliphatic rings. The van der Waals surface area contributed by atoms with E-state index >= 15 is 0 Å². The largest absolute Gasteiger partial charge is 0.498 e. The van der Waals surface area contributed by atoms with Gasteiger partial charge in [-0.05, 0) is 71.1 Å². The molecule has 0 radical (unpaired) electrons. The first kappa shape index (κ1) is 26.6. The van der Waals surface area contributed by atoms with E-state index in [9.17, 15) is 0 Å². The van der Waals surface area contributed by atoms with Gasteiger partial charge in [-0.2, -0.15) is 0 Å². The molecule has 0 aromatic heterocycles. The fraction of sp³-hybridized carbons (Fsp3) is 0.840. The van der Waals surface area contributed by atoms with E-state index < -0.39 is 8.32 Å². The predicted molar refractivity (Wildman–Crippen MR) is 131 cm³/mol. The quantitative estimate of drug-likeness (QED) is 0.278. The summed E-state index contributed by atoms with van der Waals surface area (Å²) in [5.41, 5.74) is 1.22. The standard InChI is InChI=1S/C25H47NO4Si/c1-11-27-20-16-19(14-15-23(28-12-2)29-13-3)25(18-20,26(7)8)21-17-22(21)30-31(9,10)24(4,5)6/h14,16,21-23H,11-13,15,17-18H2,1-10H3/b19-14+. The van der Waals surface area contributed by atoms with Gasteiger partial charge in [0.15, 0.2) is 14.6 Å². The van der Waals surface area contributed by atoms with E-state index in [1.165, 1.54) is 5.57 Å². The molecule has 0 aromatic carbocycles. The molecule has 6 heteroatoms. The van der Waals surface area contributed by atoms with Gasteiger partial charge >= 0.3 is 0 Å². The van der Waals surface area contributed by atoms with Crippen LogP contribution in [0.25, 0.3) is 0 Å². The molecule has 0 saturated heterocycles. The summed E-state index contributed by atoms with van der Waals surface area (Å²) in [5, 5.41) is 0.219. The van der Waals surface area contributed by atoms with Gasteiger partial charge < -0.3 is 18.6 Å². The molecule has 0 N–H and O–H groups in total. The van der Waals surface area contributed by atoms with Crippen molar-refractivity contribution in [3.63, 3.8) is 0 Å². The third kappa shape index (κ3) is 6.02. The van der Waals surface area contributed by atoms with Crippen molar-refractivity contribution < 1.29 is 18.6 Å². The van der Waals surface area contributed by atoms with Crippen LogP contribution in [0.2, 0.25) is 18.1 Å². The second kappa shape index (κ2) is 10.5. The molecule has 0 aliphatic heterocycles. The van der Waals surface area contributed by atoms with E-state index in [-0.39, 0.29) is 16.9 Å². The smallest absolute Gasteiger partial charge is 0.192 e. The molecule has 2 aliphatic carbocycles. The van der Waals surface area contributed by atoms with Crippen LogP contribution >= 0.6 is 0 Å². The van der Waals surface area contributed by atoms with Gasteiger partial charge in [0.2, 0.25) is 0 Å². The van der Waals surface area contributed by atoms with Gasteiger partial charge in [0.25, 0.3) is 0 Å². The molecule has 0 heterocycles. The molecule has 1 fully saturated rings. The Kier molecular flexibility index (Phi) is 9.02. The Morgan fingerprint density at radius 3 is 2.23 bits per heavy atom. The van der Waals surface area contributed by atoms with Crippen LogP contribution in [0.5, 0.6) is 0 Å². The van der Waals surface area contributed by atoms with Gasteiger partial charge in [-0.3, -0.25) is 4.90 Å². The van der Waals surface area contributed by atoms with E-state index in [1.54, 1.807) is 0 Å². The fourth-order valence-electron chi connectivity index (χ4n) is 4.46. The van der Waals surface area contributed by atoms with Gasteiger partial charge in [0.05, 0.1) is 24.0 Å². The van der Waals surface area contributed by atoms with Crippen molar-refractivity contribution in [2.75, 3.05) is 33.9 Å². The van der Waals surface area contributed by atoms with Crippen molar-refractivity contribution in [2.45, 2.75) is 96.9 Å². The molecular weight excluding hydrogens is 406 g/mol. The predicted octanol–water partition coefficient (Wildman–Crippen LogP) is 5.74. The fourth-order valence-corrected chi connectivity index (χ4v) is 5.83. The lowest BCUT2D eigenvalue weighted by Gasteiger charge is -2.41. The minimum absolute atomic E-state index is 0.0967. The van der Waals surface area contributed by atoms with Crippen LogP contribution in [0.1, 0.15) is 60.8 Å². The zero-order chi connectivity index (χ0) is 23.4. The van der Waals surface area contributed by atoms with E-state index in [1.807, 2.05) is 13.8 Å². The summed E-state index contributed by atoms with van der Waals surface area (Å²) < 4.78 is 24.4. The Balaban J connectivity index is 2.29. The summed E-state index contributed by atoms with van der Waals surface area (Å²) in [7, 11) is 2.59. The number of rotatable bonds is 12. The number of nitrogens with zero attached hydrogens (tertiary/aromatic N) is 1. The van der Waals surface area contributed by atoms with Gasteiger partial charge in [-0.1, -0.05) is 26.8 Å². The average molecular weight is 454 g/mol. The Labute approximate surface area is 192 Å². The summed E-state index contributed by atoms with van der Waals surface area (Å²) in [5.74, 6) is 1.54. The third-order valence-electron chi connectivity index (χ3n) is 7.22. The Hall–Kier alpha value is -0.663. The van der Waals surface area contributed by atoms with E-state index in [2.05, 4.69) is 71.9 Å². The van der Waals surface area contributed by atoms with Gasteiger partial charge in [-0.15, -0.1) is 0 Å². The maximum atomic E-state index is 6.83. The monoisotopic (exact) mass is 453 g/mol. The first-order valence-corrected chi connectivity index (χ1v) is 15.0. The van der Waals surface area contributed by atoms with Crippen LogP contribution in [-0.2, 0) is 18.6 Å². The average Bonchev–Trinajstić information content (AvgIpc) is 3.30. The SMILES string of the molecule is CCOC1=C/C(=C\CC(OCC)OCC)C(C2CC2O[Si](C)(C)C(C)(C)C)(N(C)C)C1. The van der Waals surface area contributed by atoms with Crippen LogP contribution < -0.4 is 0 Å². The van der Waals surface area contributed by atoms with Crippen LogP contribution in [0.4, 0.5) is 0 Å². The minimum Gasteiger partial charge on any atom is -0.498 e. The summed E-state index contributed by atoms with van der Waals surface area (Å²) in [6, 6.07) is 0. The Morgan fingerprint density at radius 2 is 1.74 bits per heavy atom. The highest BCUT2D eigenvalue weighted by Gasteiger charge is 2.60. The maximum Gasteiger partial charge on any atom is 0.192 e. The molecule has 0 spiro atoms. The van der Waals surface area contributed by atoms with Crippen molar-refractivity contribution >= 4 is 8.32 Å². The molecular formula is C25H47NO4Si. The Morgan fingerprint density at radius 1 is 1.13 bits per heavy atom. The first-order chi connectivity index (χ1) is 14.4. The van der Waals surface area contributed by atoms with Crippen molar-refractivity contribution in [2.24, 2.45) is 5.92 Å². The Bertz CT molecular complexity index is 646. The number of hydrogen-bond donors (Lipinski definition) is 0. The molecule has 0 aromatic rings. The highest BCUT2D eigenvalue weighted by atomic mass is 28.4. The van der Waals surface area contributed by atoms with Crippen molar-refractivity contribution in [1.82, 2.24) is 4.90 Å². The lowest BCUT2D eigenvalue weighted by atomic mass is 9.84. The molecule has 3 unspecified atom stereocenters. The summed E-state index contributed by atoms with van der Waals surface area (Å²) >= 11 is 0. The summed E-state index contributed by atoms with van der Waals surface area (Å²) in [6.45, 7) is 19.7. The second-order valence-corrected chi connectivity index (χ2v) is 15.3. The lowest BCUT2D eigenvalue weighted by Crippen LogP contribution is -2.48. The van der Waals surface area contributed by atoms with Crippen LogP contribution in [0, 0.1) is 5.92 Å². The van der Waals surface area contributed by atoms with Crippen LogP contribution in [-0.4, -0.2) is 65.1 Å². The van der Waals surface area contributed by atoms with Crippen molar-refractivity contribution in [3.05, 3.63) is 23.5 Å². The van der Waals surface area contributed by atoms with Crippen molar-refractivity contribution in [1.29, 1.82) is 0 Å². The van der Waals surface area contributed by atoms with Crippen LogP contribution in [0.15, 0.2) is 23.5 Å². The molecule has 180 valence electrons. The number of likely N-dealkylation sites (N-methyl/N-ethyl adjacent to an activating group) is 1. The third-order valence-corrected chi connectivity index (χ3v) is 11.7. The zero-order valence-corrected chi connectivity index (χ0v) is 22.7. The van der Waals surface area contributed by atoms with Crippen molar-refractivity contribution in [3.8, 4) is 0 Å². The zero-order valence-electron chi connectivity index (χ0n) is 21.7. The molecule has 1 saturated carbocycles. The summed E-state index contributed by atoms with van der Waals surface area (Å²) in [6.07, 6.45) is 7.42. The topological polar surface area (TPSA) is 40.2 Å². The highest BCUT2D eigenvalue weighted by Crippen LogP contribution is 2.56. The lowest BCUT2D eigenvalue weighted by molar-refractivity contribution is -0.133. The maximum absolute atomic E-state index is 6.83. The molecule has 0 amide bonds. The number of hydrogen-bond acceptors (Lipinski definition) is 5. The highest BCUT2D eigenvalue weighted by molar-refractivity contribution is 6.74. The van der Waals surface area contributed by atoms with Gasteiger partial charge in [-0.25, -0.2) is 0 Å². The number of ether oxygens (including phenoxy) is 3. The molecule has 3 atom stereocenters. The van der Waals surface area contributed by atoms with Crippen LogP contribution in [0.3, 0.4) is 0 Å². The van der Waals surface area contributed by atoms with Gasteiger partial charge in [0, 0.05) is 32.0 Å². The van der Waals surface area contributed by atoms with Gasteiger partial charge in [0.1, 0.15) is 0 Å². The molecule has 0 bridgehead atoms. The molecule has 2 rings (SSSR count). The molecule has 31 heavy (non-hydrogen) atoms. The first-order valence-electron chi connectivity index (χ1n) is 12.0. The summed E-state index contributed by atoms with van der Waals surface area (Å²) in [4.78, 5) is 2.39. The van der Waals surface area contributed by atoms with E-state index in [0.29, 0.717) is 31.8 Å². The second-order valence-electron chi connectivity index (χ2n) is 10.5.